The highest BCUT2D eigenvalue weighted by Gasteiger charge is 2.23. The lowest BCUT2D eigenvalue weighted by Gasteiger charge is -2.14. The number of aliphatic carboxylic acids is 1. The number of para-hydroxylation sites is 1. The van der Waals surface area contributed by atoms with Gasteiger partial charge in [0.2, 0.25) is 5.76 Å². The predicted octanol–water partition coefficient (Wildman–Crippen LogP) is -0.0361. The average Bonchev–Trinajstić information content (AvgIpc) is 3.49. The second-order valence-electron chi connectivity index (χ2n) is 6.76. The van der Waals surface area contributed by atoms with E-state index >= 15 is 0 Å². The van der Waals surface area contributed by atoms with E-state index in [1.165, 1.54) is 6.07 Å². The molecule has 1 atom stereocenters. The Morgan fingerprint density at radius 1 is 1.24 bits per heavy atom. The number of rotatable bonds is 11. The molecule has 1 aliphatic rings. The Bertz CT molecular complexity index is 978. The Morgan fingerprint density at radius 2 is 2.06 bits per heavy atom. The van der Waals surface area contributed by atoms with Crippen molar-refractivity contribution in [1.82, 2.24) is 26.4 Å². The second kappa shape index (κ2) is 11.9. The SMILES string of the molecule is O=C(N[C@H](CNC(=O)c1cc(OCCCNC2=NCCN2)no1)C(=O)O)Oc1ccccc1. The molecule has 5 N–H and O–H groups in total. The fraction of sp³-hybridized carbons (Fsp3) is 0.350. The van der Waals surface area contributed by atoms with Crippen LogP contribution in [0.2, 0.25) is 0 Å². The lowest BCUT2D eigenvalue weighted by atomic mass is 10.3. The lowest BCUT2D eigenvalue weighted by molar-refractivity contribution is -0.139. The van der Waals surface area contributed by atoms with Crippen molar-refractivity contribution in [1.29, 1.82) is 0 Å². The van der Waals surface area contributed by atoms with E-state index in [1.54, 1.807) is 30.3 Å². The predicted molar refractivity (Wildman–Crippen MR) is 114 cm³/mol. The quantitative estimate of drug-likeness (QED) is 0.286. The van der Waals surface area contributed by atoms with Crippen LogP contribution in [0.3, 0.4) is 0 Å². The zero-order valence-corrected chi connectivity index (χ0v) is 17.6. The van der Waals surface area contributed by atoms with Crippen molar-refractivity contribution in [3.8, 4) is 11.6 Å². The summed E-state index contributed by atoms with van der Waals surface area (Å²) in [6.07, 6.45) is -0.302. The van der Waals surface area contributed by atoms with E-state index in [1.807, 2.05) is 0 Å². The highest BCUT2D eigenvalue weighted by molar-refractivity contribution is 5.92. The zero-order chi connectivity index (χ0) is 23.5. The minimum Gasteiger partial charge on any atom is -0.480 e. The highest BCUT2D eigenvalue weighted by Crippen LogP contribution is 2.11. The minimum atomic E-state index is -1.42. The van der Waals surface area contributed by atoms with Gasteiger partial charge in [0.05, 0.1) is 19.2 Å². The first-order valence-corrected chi connectivity index (χ1v) is 10.2. The Balaban J connectivity index is 1.38. The van der Waals surface area contributed by atoms with E-state index in [-0.39, 0.29) is 17.4 Å². The topological polar surface area (TPSA) is 176 Å². The van der Waals surface area contributed by atoms with E-state index in [9.17, 15) is 19.5 Å². The second-order valence-corrected chi connectivity index (χ2v) is 6.76. The summed E-state index contributed by atoms with van der Waals surface area (Å²) < 4.78 is 15.3. The van der Waals surface area contributed by atoms with Crippen molar-refractivity contribution in [2.45, 2.75) is 12.5 Å². The molecule has 2 amide bonds. The molecule has 0 saturated carbocycles. The van der Waals surface area contributed by atoms with Gasteiger partial charge in [0.15, 0.2) is 5.96 Å². The first-order valence-electron chi connectivity index (χ1n) is 10.2. The van der Waals surface area contributed by atoms with E-state index in [0.29, 0.717) is 19.6 Å². The van der Waals surface area contributed by atoms with Crippen LogP contribution in [0.1, 0.15) is 17.0 Å². The van der Waals surface area contributed by atoms with E-state index in [0.717, 1.165) is 19.0 Å². The summed E-state index contributed by atoms with van der Waals surface area (Å²) in [6.45, 7) is 2.15. The summed E-state index contributed by atoms with van der Waals surface area (Å²) in [6, 6.07) is 8.01. The highest BCUT2D eigenvalue weighted by atomic mass is 16.6. The van der Waals surface area contributed by atoms with Gasteiger partial charge in [-0.25, -0.2) is 9.59 Å². The maximum absolute atomic E-state index is 12.2. The number of aromatic nitrogens is 1. The van der Waals surface area contributed by atoms with Gasteiger partial charge in [-0.05, 0) is 23.7 Å². The molecule has 1 aromatic heterocycles. The first-order chi connectivity index (χ1) is 16.0. The summed E-state index contributed by atoms with van der Waals surface area (Å²) in [7, 11) is 0. The molecule has 0 saturated heterocycles. The van der Waals surface area contributed by atoms with Crippen LogP contribution in [-0.4, -0.2) is 73.0 Å². The summed E-state index contributed by atoms with van der Waals surface area (Å²) in [5, 5.41) is 23.7. The number of nitrogens with zero attached hydrogens (tertiary/aromatic N) is 2. The van der Waals surface area contributed by atoms with E-state index in [2.05, 4.69) is 31.4 Å². The molecule has 1 aromatic carbocycles. The van der Waals surface area contributed by atoms with Gasteiger partial charge in [0.1, 0.15) is 11.8 Å². The molecule has 0 aliphatic carbocycles. The molecular weight excluding hydrogens is 436 g/mol. The molecule has 13 heteroatoms. The molecule has 33 heavy (non-hydrogen) atoms. The Kier molecular flexibility index (Phi) is 8.45. The summed E-state index contributed by atoms with van der Waals surface area (Å²) >= 11 is 0. The van der Waals surface area contributed by atoms with Crippen LogP contribution in [0.15, 0.2) is 45.9 Å². The average molecular weight is 460 g/mol. The van der Waals surface area contributed by atoms with Gasteiger partial charge in [0.25, 0.3) is 11.8 Å². The smallest absolute Gasteiger partial charge is 0.413 e. The molecule has 1 aliphatic heterocycles. The Labute approximate surface area is 188 Å². The number of aliphatic imine (C=N–C) groups is 1. The fourth-order valence-electron chi connectivity index (χ4n) is 2.66. The van der Waals surface area contributed by atoms with Crippen molar-refractivity contribution in [3.05, 3.63) is 42.2 Å². The molecule has 2 heterocycles. The molecular formula is C20H24N6O7. The number of carboxylic acids is 1. The Hall–Kier alpha value is -4.29. The van der Waals surface area contributed by atoms with Crippen LogP contribution >= 0.6 is 0 Å². The van der Waals surface area contributed by atoms with E-state index in [4.69, 9.17) is 14.0 Å². The van der Waals surface area contributed by atoms with Crippen molar-refractivity contribution < 1.29 is 33.5 Å². The molecule has 0 radical (unpaired) electrons. The first kappa shape index (κ1) is 23.4. The minimum absolute atomic E-state index is 0.121. The number of hydrogen-bond donors (Lipinski definition) is 5. The van der Waals surface area contributed by atoms with Gasteiger partial charge >= 0.3 is 12.1 Å². The summed E-state index contributed by atoms with van der Waals surface area (Å²) in [5.74, 6) is -1.10. The standard InChI is InChI=1S/C20H24N6O7/c27-17(15-11-16(26-33-15)31-10-4-7-21-19-22-8-9-23-19)24-12-14(18(28)29)25-20(30)32-13-5-2-1-3-6-13/h1-3,5-6,11,14H,4,7-10,12H2,(H,24,27)(H,25,30)(H,28,29)(H2,21,22,23)/t14-/m1/s1. The largest absolute Gasteiger partial charge is 0.480 e. The number of benzene rings is 1. The number of nitrogens with one attached hydrogen (secondary N) is 4. The number of guanidine groups is 1. The molecule has 176 valence electrons. The number of amides is 2. The molecule has 2 aromatic rings. The Morgan fingerprint density at radius 3 is 2.79 bits per heavy atom. The van der Waals surface area contributed by atoms with Crippen LogP contribution in [0.25, 0.3) is 0 Å². The number of ether oxygens (including phenoxy) is 2. The summed E-state index contributed by atoms with van der Waals surface area (Å²) in [4.78, 5) is 39.7. The third-order valence-electron chi connectivity index (χ3n) is 4.26. The third-order valence-corrected chi connectivity index (χ3v) is 4.26. The van der Waals surface area contributed by atoms with Crippen LogP contribution in [0, 0.1) is 0 Å². The van der Waals surface area contributed by atoms with Gasteiger partial charge in [0, 0.05) is 19.6 Å². The van der Waals surface area contributed by atoms with Crippen LogP contribution in [-0.2, 0) is 4.79 Å². The number of carbonyl (C=O) groups excluding carboxylic acids is 2. The monoisotopic (exact) mass is 460 g/mol. The molecule has 13 nitrogen and oxygen atoms in total. The maximum Gasteiger partial charge on any atom is 0.413 e. The van der Waals surface area contributed by atoms with E-state index < -0.39 is 30.6 Å². The lowest BCUT2D eigenvalue weighted by Crippen LogP contribution is -2.49. The molecule has 0 bridgehead atoms. The van der Waals surface area contributed by atoms with Crippen molar-refractivity contribution in [2.75, 3.05) is 32.8 Å². The number of carbonyl (C=O) groups is 3. The zero-order valence-electron chi connectivity index (χ0n) is 17.6. The third kappa shape index (κ3) is 7.72. The van der Waals surface area contributed by atoms with Gasteiger partial charge in [-0.3, -0.25) is 9.79 Å². The number of carboxylic acid groups (broad SMARTS) is 1. The number of hydrogen-bond acceptors (Lipinski definition) is 10. The van der Waals surface area contributed by atoms with Crippen molar-refractivity contribution >= 4 is 23.9 Å². The fourth-order valence-corrected chi connectivity index (χ4v) is 2.66. The van der Waals surface area contributed by atoms with Gasteiger partial charge in [-0.1, -0.05) is 18.2 Å². The molecule has 0 fully saturated rings. The molecule has 0 spiro atoms. The van der Waals surface area contributed by atoms with Crippen molar-refractivity contribution in [3.63, 3.8) is 0 Å². The summed E-state index contributed by atoms with van der Waals surface area (Å²) in [5.41, 5.74) is 0. The van der Waals surface area contributed by atoms with Crippen LogP contribution in [0.5, 0.6) is 11.6 Å². The molecule has 0 unspecified atom stereocenters. The van der Waals surface area contributed by atoms with Crippen LogP contribution in [0.4, 0.5) is 4.79 Å². The van der Waals surface area contributed by atoms with Gasteiger partial charge in [-0.15, -0.1) is 0 Å². The van der Waals surface area contributed by atoms with Gasteiger partial charge in [-0.2, -0.15) is 0 Å². The maximum atomic E-state index is 12.2. The van der Waals surface area contributed by atoms with Crippen LogP contribution < -0.4 is 30.7 Å². The van der Waals surface area contributed by atoms with Crippen molar-refractivity contribution in [2.24, 2.45) is 4.99 Å². The molecule has 3 rings (SSSR count). The van der Waals surface area contributed by atoms with Gasteiger partial charge < -0.3 is 40.4 Å². The normalized spacial score (nSPS) is 13.3.